The number of rotatable bonds is 3. The van der Waals surface area contributed by atoms with E-state index in [1.165, 1.54) is 6.92 Å². The maximum atomic E-state index is 11.0. The molecule has 0 aromatic heterocycles. The molecule has 0 spiro atoms. The molecule has 4 nitrogen and oxygen atoms in total. The van der Waals surface area contributed by atoms with E-state index in [2.05, 4.69) is 4.99 Å². The van der Waals surface area contributed by atoms with Crippen molar-refractivity contribution >= 4 is 22.8 Å². The number of carbonyl (C=O) groups is 1. The summed E-state index contributed by atoms with van der Waals surface area (Å²) in [5.41, 5.74) is 0.886. The number of hydrogen-bond acceptors (Lipinski definition) is 3. The summed E-state index contributed by atoms with van der Waals surface area (Å²) in [4.78, 5) is 16.9. The van der Waals surface area contributed by atoms with E-state index in [9.17, 15) is 9.90 Å². The Balaban J connectivity index is 2.03. The molecule has 1 aliphatic heterocycles. The van der Waals surface area contributed by atoms with Crippen molar-refractivity contribution in [3.05, 3.63) is 35.9 Å². The van der Waals surface area contributed by atoms with E-state index >= 15 is 0 Å². The quantitative estimate of drug-likeness (QED) is 0.902. The monoisotopic (exact) mass is 264 g/mol. The van der Waals surface area contributed by atoms with Gasteiger partial charge in [0.2, 0.25) is 5.91 Å². The van der Waals surface area contributed by atoms with Crippen LogP contribution in [0.5, 0.6) is 0 Å². The van der Waals surface area contributed by atoms with Crippen LogP contribution in [0.1, 0.15) is 18.6 Å². The predicted octanol–water partition coefficient (Wildman–Crippen LogP) is 1.67. The summed E-state index contributed by atoms with van der Waals surface area (Å²) in [5, 5.41) is 10.9. The lowest BCUT2D eigenvalue weighted by Gasteiger charge is -2.21. The largest absolute Gasteiger partial charge is 0.387 e. The van der Waals surface area contributed by atoms with E-state index in [0.29, 0.717) is 6.54 Å². The number of nitrogens with zero attached hydrogens (tertiary/aromatic N) is 2. The molecule has 18 heavy (non-hydrogen) atoms. The van der Waals surface area contributed by atoms with Crippen molar-refractivity contribution in [3.8, 4) is 0 Å². The zero-order valence-electron chi connectivity index (χ0n) is 10.2. The molecule has 1 aromatic rings. The molecule has 1 amide bonds. The van der Waals surface area contributed by atoms with Gasteiger partial charge in [0.05, 0.1) is 12.6 Å². The first-order valence-electron chi connectivity index (χ1n) is 5.87. The second-order valence-electron chi connectivity index (χ2n) is 4.13. The summed E-state index contributed by atoms with van der Waals surface area (Å²) in [5.74, 6) is 0.715. The number of carbonyl (C=O) groups excluding carboxylic acids is 1. The average molecular weight is 264 g/mol. The Bertz CT molecular complexity index is 448. The Labute approximate surface area is 111 Å². The molecule has 0 radical (unpaired) electrons. The van der Waals surface area contributed by atoms with Crippen LogP contribution in [-0.2, 0) is 4.79 Å². The van der Waals surface area contributed by atoms with Crippen LogP contribution in [0, 0.1) is 0 Å². The van der Waals surface area contributed by atoms with E-state index in [-0.39, 0.29) is 5.91 Å². The summed E-state index contributed by atoms with van der Waals surface area (Å²) in [6.45, 7) is 2.74. The second-order valence-corrected chi connectivity index (χ2v) is 5.20. The van der Waals surface area contributed by atoms with E-state index in [0.717, 1.165) is 23.0 Å². The molecule has 1 aliphatic rings. The summed E-state index contributed by atoms with van der Waals surface area (Å²) >= 11 is 1.56. The van der Waals surface area contributed by atoms with Crippen molar-refractivity contribution in [1.82, 2.24) is 4.90 Å². The molecule has 2 rings (SSSR count). The molecule has 0 bridgehead atoms. The molecule has 1 aromatic carbocycles. The Morgan fingerprint density at radius 3 is 2.89 bits per heavy atom. The highest BCUT2D eigenvalue weighted by Gasteiger charge is 2.22. The van der Waals surface area contributed by atoms with Gasteiger partial charge in [0.1, 0.15) is 0 Å². The zero-order chi connectivity index (χ0) is 13.0. The molecule has 1 atom stereocenters. The molecule has 5 heteroatoms. The van der Waals surface area contributed by atoms with Crippen molar-refractivity contribution < 1.29 is 9.90 Å². The smallest absolute Gasteiger partial charge is 0.244 e. The van der Waals surface area contributed by atoms with Crippen molar-refractivity contribution in [1.29, 1.82) is 0 Å². The lowest BCUT2D eigenvalue weighted by Crippen LogP contribution is -2.30. The maximum Gasteiger partial charge on any atom is 0.244 e. The number of aliphatic hydroxyl groups excluding tert-OH is 1. The van der Waals surface area contributed by atoms with Gasteiger partial charge >= 0.3 is 0 Å². The zero-order valence-corrected chi connectivity index (χ0v) is 11.1. The van der Waals surface area contributed by atoms with Crippen LogP contribution < -0.4 is 0 Å². The van der Waals surface area contributed by atoms with Crippen LogP contribution in [0.2, 0.25) is 0 Å². The Hall–Kier alpha value is -1.33. The minimum Gasteiger partial charge on any atom is -0.387 e. The topological polar surface area (TPSA) is 52.9 Å². The van der Waals surface area contributed by atoms with Crippen LogP contribution in [0.15, 0.2) is 35.3 Å². The minimum absolute atomic E-state index is 0.196. The highest BCUT2D eigenvalue weighted by molar-refractivity contribution is 8.14. The average Bonchev–Trinajstić information content (AvgIpc) is 2.77. The van der Waals surface area contributed by atoms with Gasteiger partial charge in [0, 0.05) is 19.2 Å². The number of amidine groups is 1. The standard InChI is InChI=1S/C13H16N2O2S/c1-10(16)14-13-15(7-8-18-13)9-12(17)11-5-3-2-4-6-11/h2-6,12,17H,7-9H2,1H3. The van der Waals surface area contributed by atoms with Gasteiger partial charge in [-0.05, 0) is 5.56 Å². The molecule has 1 heterocycles. The van der Waals surface area contributed by atoms with Crippen molar-refractivity contribution in [3.63, 3.8) is 0 Å². The third-order valence-electron chi connectivity index (χ3n) is 2.69. The molecular formula is C13H16N2O2S. The number of benzene rings is 1. The first-order chi connectivity index (χ1) is 8.66. The van der Waals surface area contributed by atoms with Crippen LogP contribution >= 0.6 is 11.8 Å². The van der Waals surface area contributed by atoms with Gasteiger partial charge in [0.25, 0.3) is 0 Å². The van der Waals surface area contributed by atoms with Gasteiger partial charge in [-0.25, -0.2) is 0 Å². The molecule has 1 fully saturated rings. The summed E-state index contributed by atoms with van der Waals surface area (Å²) in [6, 6.07) is 9.53. The fourth-order valence-electron chi connectivity index (χ4n) is 1.83. The summed E-state index contributed by atoms with van der Waals surface area (Å²) in [7, 11) is 0. The third-order valence-corrected chi connectivity index (χ3v) is 3.69. The van der Waals surface area contributed by atoms with Crippen LogP contribution in [0.4, 0.5) is 0 Å². The molecule has 0 saturated carbocycles. The predicted molar refractivity (Wildman–Crippen MR) is 73.5 cm³/mol. The van der Waals surface area contributed by atoms with Gasteiger partial charge in [-0.2, -0.15) is 4.99 Å². The van der Waals surface area contributed by atoms with Crippen LogP contribution in [-0.4, -0.2) is 39.9 Å². The highest BCUT2D eigenvalue weighted by Crippen LogP contribution is 2.22. The number of aliphatic imine (C=N–C) groups is 1. The Kier molecular flexibility index (Phi) is 4.38. The van der Waals surface area contributed by atoms with Gasteiger partial charge < -0.3 is 10.0 Å². The van der Waals surface area contributed by atoms with E-state index in [1.54, 1.807) is 11.8 Å². The van der Waals surface area contributed by atoms with Gasteiger partial charge in [-0.1, -0.05) is 42.1 Å². The highest BCUT2D eigenvalue weighted by atomic mass is 32.2. The van der Waals surface area contributed by atoms with Crippen molar-refractivity contribution in [2.45, 2.75) is 13.0 Å². The van der Waals surface area contributed by atoms with E-state index < -0.39 is 6.10 Å². The van der Waals surface area contributed by atoms with Gasteiger partial charge in [-0.15, -0.1) is 0 Å². The third kappa shape index (κ3) is 3.34. The normalized spacial score (nSPS) is 19.2. The van der Waals surface area contributed by atoms with Gasteiger partial charge in [-0.3, -0.25) is 4.79 Å². The van der Waals surface area contributed by atoms with E-state index in [4.69, 9.17) is 0 Å². The maximum absolute atomic E-state index is 11.0. The number of hydrogen-bond donors (Lipinski definition) is 1. The Morgan fingerprint density at radius 2 is 2.22 bits per heavy atom. The van der Waals surface area contributed by atoms with E-state index in [1.807, 2.05) is 35.2 Å². The lowest BCUT2D eigenvalue weighted by atomic mass is 10.1. The molecule has 1 N–H and O–H groups in total. The lowest BCUT2D eigenvalue weighted by molar-refractivity contribution is -0.115. The molecule has 1 unspecified atom stereocenters. The first-order valence-corrected chi connectivity index (χ1v) is 6.85. The molecular weight excluding hydrogens is 248 g/mol. The van der Waals surface area contributed by atoms with Gasteiger partial charge in [0.15, 0.2) is 5.17 Å². The molecule has 0 aliphatic carbocycles. The van der Waals surface area contributed by atoms with Crippen molar-refractivity contribution in [2.24, 2.45) is 4.99 Å². The Morgan fingerprint density at radius 1 is 1.50 bits per heavy atom. The number of thioether (sulfide) groups is 1. The van der Waals surface area contributed by atoms with Crippen molar-refractivity contribution in [2.75, 3.05) is 18.8 Å². The fourth-order valence-corrected chi connectivity index (χ4v) is 2.87. The van der Waals surface area contributed by atoms with Crippen LogP contribution in [0.25, 0.3) is 0 Å². The molecule has 1 saturated heterocycles. The first kappa shape index (κ1) is 13.1. The number of aliphatic hydroxyl groups is 1. The summed E-state index contributed by atoms with van der Waals surface area (Å²) in [6.07, 6.45) is -0.554. The fraction of sp³-hybridized carbons (Fsp3) is 0.385. The summed E-state index contributed by atoms with van der Waals surface area (Å²) < 4.78 is 0. The van der Waals surface area contributed by atoms with Crippen LogP contribution in [0.3, 0.4) is 0 Å². The molecule has 96 valence electrons. The second kappa shape index (κ2) is 6.02. The minimum atomic E-state index is -0.554. The number of amides is 1. The number of β-amino-alcohol motifs (C(OH)–C–C–N with tert-alkyl or cyclic N) is 1. The SMILES string of the molecule is CC(=O)N=C1SCCN1CC(O)c1ccccc1.